The van der Waals surface area contributed by atoms with Crippen LogP contribution in [0.2, 0.25) is 0 Å². The molecule has 116 valence electrons. The second-order valence-corrected chi connectivity index (χ2v) is 5.83. The standard InChI is InChI=1S/C15H17N3O3S/c1-3-4-5-13(19)18(2)15(14(20)21-7-6-16)8-11(15)12-9-22-10-17-12/h3,9-11H,1,4-5,7-8H2,2H3/t11?,15-/m1/s1. The van der Waals surface area contributed by atoms with Gasteiger partial charge in [0.25, 0.3) is 0 Å². The van der Waals surface area contributed by atoms with E-state index in [9.17, 15) is 9.59 Å². The van der Waals surface area contributed by atoms with Crippen molar-refractivity contribution in [3.05, 3.63) is 29.2 Å². The van der Waals surface area contributed by atoms with Gasteiger partial charge in [0, 0.05) is 24.8 Å². The SMILES string of the molecule is C=CCCC(=O)N(C)[C@]1(C(=O)OCC#N)CC1c1cscn1. The summed E-state index contributed by atoms with van der Waals surface area (Å²) >= 11 is 1.44. The van der Waals surface area contributed by atoms with E-state index < -0.39 is 11.5 Å². The number of carbonyl (C=O) groups excluding carboxylic acids is 2. The number of esters is 1. The van der Waals surface area contributed by atoms with E-state index in [2.05, 4.69) is 11.6 Å². The zero-order valence-corrected chi connectivity index (χ0v) is 13.1. The Kier molecular flexibility index (Phi) is 4.93. The first-order chi connectivity index (χ1) is 10.6. The molecular weight excluding hydrogens is 302 g/mol. The number of allylic oxidation sites excluding steroid dienone is 1. The average Bonchev–Trinajstić information content (AvgIpc) is 3.05. The highest BCUT2D eigenvalue weighted by atomic mass is 32.1. The maximum absolute atomic E-state index is 12.4. The molecule has 1 amide bonds. The Labute approximate surface area is 133 Å². The van der Waals surface area contributed by atoms with Crippen molar-refractivity contribution in [2.45, 2.75) is 30.7 Å². The molecule has 0 radical (unpaired) electrons. The predicted molar refractivity (Wildman–Crippen MR) is 81.0 cm³/mol. The molecule has 1 aromatic rings. The van der Waals surface area contributed by atoms with Crippen molar-refractivity contribution in [3.63, 3.8) is 0 Å². The average molecular weight is 319 g/mol. The lowest BCUT2D eigenvalue weighted by atomic mass is 10.1. The Hall–Kier alpha value is -2.20. The second kappa shape index (κ2) is 6.71. The fourth-order valence-corrected chi connectivity index (χ4v) is 3.18. The lowest BCUT2D eigenvalue weighted by molar-refractivity contribution is -0.155. The van der Waals surface area contributed by atoms with Crippen molar-refractivity contribution >= 4 is 23.2 Å². The maximum atomic E-state index is 12.4. The normalized spacial score (nSPS) is 22.5. The first-order valence-corrected chi connectivity index (χ1v) is 7.82. The topological polar surface area (TPSA) is 83.3 Å². The zero-order valence-electron chi connectivity index (χ0n) is 12.3. The first-order valence-electron chi connectivity index (χ1n) is 6.87. The highest BCUT2D eigenvalue weighted by Gasteiger charge is 2.66. The second-order valence-electron chi connectivity index (χ2n) is 5.11. The molecule has 0 bridgehead atoms. The number of amides is 1. The van der Waals surface area contributed by atoms with Crippen LogP contribution >= 0.6 is 11.3 Å². The number of nitriles is 1. The summed E-state index contributed by atoms with van der Waals surface area (Å²) in [6.07, 6.45) is 2.97. The smallest absolute Gasteiger partial charge is 0.333 e. The van der Waals surface area contributed by atoms with Crippen molar-refractivity contribution in [2.75, 3.05) is 13.7 Å². The molecule has 1 aliphatic carbocycles. The molecule has 1 aromatic heterocycles. The highest BCUT2D eigenvalue weighted by molar-refractivity contribution is 7.07. The number of ether oxygens (including phenoxy) is 1. The molecule has 1 fully saturated rings. The van der Waals surface area contributed by atoms with Gasteiger partial charge in [-0.25, -0.2) is 9.78 Å². The predicted octanol–water partition coefficient (Wildman–Crippen LogP) is 1.86. The van der Waals surface area contributed by atoms with Crippen LogP contribution in [0.5, 0.6) is 0 Å². The van der Waals surface area contributed by atoms with Crippen molar-refractivity contribution in [2.24, 2.45) is 0 Å². The van der Waals surface area contributed by atoms with Gasteiger partial charge in [-0.2, -0.15) is 5.26 Å². The minimum atomic E-state index is -1.04. The van der Waals surface area contributed by atoms with Crippen LogP contribution in [0.4, 0.5) is 0 Å². The van der Waals surface area contributed by atoms with Crippen LogP contribution in [0, 0.1) is 11.3 Å². The molecule has 0 N–H and O–H groups in total. The number of rotatable bonds is 7. The monoisotopic (exact) mass is 319 g/mol. The summed E-state index contributed by atoms with van der Waals surface area (Å²) in [6.45, 7) is 3.27. The van der Waals surface area contributed by atoms with Crippen LogP contribution in [-0.2, 0) is 14.3 Å². The molecule has 2 rings (SSSR count). The van der Waals surface area contributed by atoms with Gasteiger partial charge in [0.05, 0.1) is 11.2 Å². The Balaban J connectivity index is 2.20. The van der Waals surface area contributed by atoms with E-state index in [1.54, 1.807) is 24.7 Å². The summed E-state index contributed by atoms with van der Waals surface area (Å²) in [7, 11) is 1.60. The number of carbonyl (C=O) groups is 2. The molecule has 1 unspecified atom stereocenters. The fourth-order valence-electron chi connectivity index (χ4n) is 2.57. The molecule has 7 heteroatoms. The van der Waals surface area contributed by atoms with E-state index in [0.29, 0.717) is 12.8 Å². The van der Waals surface area contributed by atoms with Crippen molar-refractivity contribution < 1.29 is 14.3 Å². The van der Waals surface area contributed by atoms with E-state index in [0.717, 1.165) is 5.69 Å². The fraction of sp³-hybridized carbons (Fsp3) is 0.467. The van der Waals surface area contributed by atoms with Gasteiger partial charge in [-0.1, -0.05) is 6.08 Å². The molecule has 1 aliphatic rings. The summed E-state index contributed by atoms with van der Waals surface area (Å²) < 4.78 is 4.98. The first kappa shape index (κ1) is 16.2. The van der Waals surface area contributed by atoms with Crippen molar-refractivity contribution in [1.82, 2.24) is 9.88 Å². The number of likely N-dealkylation sites (N-methyl/N-ethyl adjacent to an activating group) is 1. The number of hydrogen-bond acceptors (Lipinski definition) is 6. The molecule has 1 saturated carbocycles. The minimum Gasteiger partial charge on any atom is -0.449 e. The van der Waals surface area contributed by atoms with Crippen LogP contribution in [0.25, 0.3) is 0 Å². The molecule has 2 atom stereocenters. The Morgan fingerprint density at radius 1 is 1.73 bits per heavy atom. The molecule has 0 spiro atoms. The van der Waals surface area contributed by atoms with Gasteiger partial charge in [-0.15, -0.1) is 17.9 Å². The van der Waals surface area contributed by atoms with E-state index in [4.69, 9.17) is 10.00 Å². The van der Waals surface area contributed by atoms with Gasteiger partial charge in [0.15, 0.2) is 6.61 Å². The van der Waals surface area contributed by atoms with E-state index in [-0.39, 0.29) is 24.9 Å². The number of hydrogen-bond donors (Lipinski definition) is 0. The third-order valence-corrected chi connectivity index (χ3v) is 4.50. The molecule has 0 aliphatic heterocycles. The van der Waals surface area contributed by atoms with Crippen LogP contribution < -0.4 is 0 Å². The minimum absolute atomic E-state index is 0.147. The van der Waals surface area contributed by atoms with Crippen LogP contribution in [-0.4, -0.2) is 41.0 Å². The summed E-state index contributed by atoms with van der Waals surface area (Å²) in [5, 5.41) is 10.5. The zero-order chi connectivity index (χ0) is 16.2. The quantitative estimate of drug-likeness (QED) is 0.566. The van der Waals surface area contributed by atoms with Crippen LogP contribution in [0.3, 0.4) is 0 Å². The van der Waals surface area contributed by atoms with Gasteiger partial charge in [-0.05, 0) is 12.8 Å². The third kappa shape index (κ3) is 2.88. The molecular formula is C15H17N3O3S. The highest BCUT2D eigenvalue weighted by Crippen LogP contribution is 2.55. The van der Waals surface area contributed by atoms with Gasteiger partial charge >= 0.3 is 5.97 Å². The Bertz CT molecular complexity index is 608. The Morgan fingerprint density at radius 2 is 2.50 bits per heavy atom. The molecule has 0 saturated heterocycles. The van der Waals surface area contributed by atoms with E-state index >= 15 is 0 Å². The van der Waals surface area contributed by atoms with E-state index in [1.165, 1.54) is 16.2 Å². The lowest BCUT2D eigenvalue weighted by Crippen LogP contribution is -2.47. The number of nitrogens with zero attached hydrogens (tertiary/aromatic N) is 3. The number of thiazole rings is 1. The Morgan fingerprint density at radius 3 is 3.09 bits per heavy atom. The molecule has 22 heavy (non-hydrogen) atoms. The van der Waals surface area contributed by atoms with Crippen molar-refractivity contribution in [1.29, 1.82) is 5.26 Å². The molecule has 1 heterocycles. The molecule has 6 nitrogen and oxygen atoms in total. The van der Waals surface area contributed by atoms with Gasteiger partial charge in [-0.3, -0.25) is 4.79 Å². The third-order valence-electron chi connectivity index (χ3n) is 3.90. The molecule has 0 aromatic carbocycles. The summed E-state index contributed by atoms with van der Waals surface area (Å²) in [5.41, 5.74) is 1.43. The van der Waals surface area contributed by atoms with Crippen molar-refractivity contribution in [3.8, 4) is 6.07 Å². The largest absolute Gasteiger partial charge is 0.449 e. The van der Waals surface area contributed by atoms with Crippen LogP contribution in [0.1, 0.15) is 30.9 Å². The van der Waals surface area contributed by atoms with Gasteiger partial charge < -0.3 is 9.64 Å². The van der Waals surface area contributed by atoms with E-state index in [1.807, 2.05) is 5.38 Å². The maximum Gasteiger partial charge on any atom is 0.333 e. The summed E-state index contributed by atoms with van der Waals surface area (Å²) in [6, 6.07) is 1.78. The van der Waals surface area contributed by atoms with Gasteiger partial charge in [0.1, 0.15) is 11.6 Å². The lowest BCUT2D eigenvalue weighted by Gasteiger charge is -2.27. The number of aromatic nitrogens is 1. The van der Waals surface area contributed by atoms with Crippen LogP contribution in [0.15, 0.2) is 23.5 Å². The summed E-state index contributed by atoms with van der Waals surface area (Å²) in [4.78, 5) is 30.3. The summed E-state index contributed by atoms with van der Waals surface area (Å²) in [5.74, 6) is -0.865. The van der Waals surface area contributed by atoms with Gasteiger partial charge in [0.2, 0.25) is 5.91 Å².